The molecule has 0 atom stereocenters. The summed E-state index contributed by atoms with van der Waals surface area (Å²) in [5, 5.41) is 44.3. The molecule has 0 saturated carbocycles. The number of imidazole rings is 1. The van der Waals surface area contributed by atoms with Crippen molar-refractivity contribution in [2.24, 2.45) is 7.05 Å². The number of fused-ring (bicyclic) bond motifs is 5. The Morgan fingerprint density at radius 1 is 0.409 bits per heavy atom. The summed E-state index contributed by atoms with van der Waals surface area (Å²) in [6.07, 6.45) is 16.4. The van der Waals surface area contributed by atoms with Crippen LogP contribution >= 0.6 is 0 Å². The summed E-state index contributed by atoms with van der Waals surface area (Å²) in [5.74, 6) is 3.80. The third-order valence-electron chi connectivity index (χ3n) is 14.8. The monoisotopic (exact) mass is 1280 g/mol. The number of aryl methyl sites for hydroxylation is 1. The van der Waals surface area contributed by atoms with E-state index in [1.807, 2.05) is 157 Å². The highest BCUT2D eigenvalue weighted by Crippen LogP contribution is 2.26. The molecule has 0 aliphatic rings. The van der Waals surface area contributed by atoms with Crippen molar-refractivity contribution in [2.75, 3.05) is 192 Å². The van der Waals surface area contributed by atoms with Gasteiger partial charge in [-0.1, -0.05) is 30.3 Å². The van der Waals surface area contributed by atoms with Gasteiger partial charge in [-0.3, -0.25) is 0 Å². The number of likely N-dealkylation sites (N-methyl/N-ethyl adjacent to an activating group) is 3. The maximum absolute atomic E-state index is 8.99. The molecule has 11 aromatic heterocycles. The third-order valence-corrected chi connectivity index (χ3v) is 14.8. The van der Waals surface area contributed by atoms with E-state index in [9.17, 15) is 0 Å². The van der Waals surface area contributed by atoms with Crippen LogP contribution < -0.4 is 54.5 Å². The van der Waals surface area contributed by atoms with E-state index >= 15 is 0 Å². The summed E-state index contributed by atoms with van der Waals surface area (Å²) in [6.45, 7) is 11.7. The first-order valence-electron chi connectivity index (χ1n) is 29.8. The average molecular weight is 1280 g/mol. The van der Waals surface area contributed by atoms with Crippen LogP contribution in [0.5, 0.6) is 0 Å². The van der Waals surface area contributed by atoms with Gasteiger partial charge in [0.15, 0.2) is 23.3 Å². The second-order valence-corrected chi connectivity index (χ2v) is 25.1. The highest BCUT2D eigenvalue weighted by atomic mass is 16.3. The minimum atomic E-state index is 0. The van der Waals surface area contributed by atoms with E-state index < -0.39 is 0 Å². The Morgan fingerprint density at radius 2 is 0.731 bits per heavy atom. The maximum atomic E-state index is 8.99. The molecule has 11 heterocycles. The van der Waals surface area contributed by atoms with Gasteiger partial charge in [-0.25, -0.2) is 27.1 Å². The smallest absolute Gasteiger partial charge is 0.268 e. The number of hydrogen-bond acceptors (Lipinski definition) is 15. The fraction of sp³-hybridized carbons (Fsp3) is 0.358. The zero-order chi connectivity index (χ0) is 63.8. The van der Waals surface area contributed by atoms with Crippen molar-refractivity contribution in [3.05, 3.63) is 178 Å². The molecule has 11 aromatic rings. The molecule has 0 spiro atoms. The third kappa shape index (κ3) is 22.5. The lowest BCUT2D eigenvalue weighted by Gasteiger charge is -2.28. The largest absolute Gasteiger partial charge is 0.394 e. The van der Waals surface area contributed by atoms with E-state index in [4.69, 9.17) is 33.8 Å². The van der Waals surface area contributed by atoms with E-state index in [0.717, 1.165) is 158 Å². The van der Waals surface area contributed by atoms with Crippen LogP contribution in [-0.2, 0) is 7.05 Å². The molecule has 0 bridgehead atoms. The molecule has 26 heteroatoms. The molecule has 0 radical (unpaired) electrons. The Balaban J connectivity index is 0.000000391. The highest BCUT2D eigenvalue weighted by molar-refractivity contribution is 5.83. The number of pyridine rings is 5. The van der Waals surface area contributed by atoms with Gasteiger partial charge in [-0.2, -0.15) is 4.57 Å². The number of nitrogens with two attached hydrogens (primary N) is 5. The van der Waals surface area contributed by atoms with Gasteiger partial charge in [0.05, 0.1) is 164 Å². The summed E-state index contributed by atoms with van der Waals surface area (Å²) in [7, 11) is 23.6. The van der Waals surface area contributed by atoms with Gasteiger partial charge < -0.3 is 110 Å². The number of anilines is 9. The minimum Gasteiger partial charge on any atom is -0.394 e. The fourth-order valence-corrected chi connectivity index (χ4v) is 9.13. The Bertz CT molecular complexity index is 3940. The fourth-order valence-electron chi connectivity index (χ4n) is 9.13. The molecule has 0 amide bonds. The molecule has 0 saturated heterocycles. The molecule has 0 aliphatic carbocycles. The van der Waals surface area contributed by atoms with Gasteiger partial charge in [0.1, 0.15) is 47.4 Å². The molecule has 0 fully saturated rings. The normalized spacial score (nSPS) is 11.2. The van der Waals surface area contributed by atoms with Crippen molar-refractivity contribution in [1.82, 2.24) is 52.6 Å². The number of aliphatic hydroxyl groups is 1. The Labute approximate surface area is 553 Å². The lowest BCUT2D eigenvalue weighted by atomic mass is 10.3. The molecule has 11 rings (SSSR count). The van der Waals surface area contributed by atoms with Crippen LogP contribution in [0.1, 0.15) is 13.3 Å². The van der Waals surface area contributed by atoms with Crippen LogP contribution in [-0.4, -0.2) is 218 Å². The molecule has 93 heavy (non-hydrogen) atoms. The summed E-state index contributed by atoms with van der Waals surface area (Å²) in [5.41, 5.74) is 38.5. The Hall–Kier alpha value is -9.34. The average Bonchev–Trinajstić information content (AvgIpc) is 1.70. The number of nitrogen functional groups attached to an aromatic ring is 5. The van der Waals surface area contributed by atoms with E-state index in [1.54, 1.807) is 22.6 Å². The summed E-state index contributed by atoms with van der Waals surface area (Å²) >= 11 is 0. The van der Waals surface area contributed by atoms with Gasteiger partial charge in [-0.05, 0) is 67.6 Å². The lowest BCUT2D eigenvalue weighted by Crippen LogP contribution is -2.45. The van der Waals surface area contributed by atoms with E-state index in [-0.39, 0.29) is 43.7 Å². The van der Waals surface area contributed by atoms with Crippen LogP contribution in [0.2, 0.25) is 0 Å². The van der Waals surface area contributed by atoms with Crippen molar-refractivity contribution >= 4 is 79.3 Å². The van der Waals surface area contributed by atoms with Gasteiger partial charge in [-0.15, -0.1) is 25.5 Å². The van der Waals surface area contributed by atoms with Crippen LogP contribution in [0, 0.1) is 37.1 Å². The van der Waals surface area contributed by atoms with Gasteiger partial charge in [0.25, 0.3) is 5.82 Å². The first-order valence-corrected chi connectivity index (χ1v) is 29.8. The minimum absolute atomic E-state index is 0. The second-order valence-electron chi connectivity index (χ2n) is 25.1. The van der Waals surface area contributed by atoms with Crippen molar-refractivity contribution in [3.8, 4) is 5.82 Å². The van der Waals surface area contributed by atoms with Gasteiger partial charge in [0, 0.05) is 43.9 Å². The highest BCUT2D eigenvalue weighted by Gasteiger charge is 2.19. The van der Waals surface area contributed by atoms with Crippen LogP contribution in [0.4, 0.5) is 51.7 Å². The molecule has 512 valence electrons. The lowest BCUT2D eigenvalue weighted by molar-refractivity contribution is -0.888. The van der Waals surface area contributed by atoms with Gasteiger partial charge >= 0.3 is 0 Å². The summed E-state index contributed by atoms with van der Waals surface area (Å²) < 4.78 is 16.4. The molecule has 0 aromatic carbocycles. The Kier molecular flexibility index (Phi) is 30.4. The van der Waals surface area contributed by atoms with Gasteiger partial charge in [0.2, 0.25) is 6.33 Å². The van der Waals surface area contributed by atoms with Crippen LogP contribution in [0.3, 0.4) is 0 Å². The molecular weight excluding hydrogens is 1170 g/mol. The molecular formula is C67H113N25O. The molecule has 15 N–H and O–H groups in total. The van der Waals surface area contributed by atoms with Crippen molar-refractivity contribution in [1.29, 1.82) is 0 Å². The predicted octanol–water partition coefficient (Wildman–Crippen LogP) is 7.06. The molecule has 0 unspecified atom stereocenters. The zero-order valence-corrected chi connectivity index (χ0v) is 58.8. The topological polar surface area (TPSA) is 294 Å². The number of aliphatic hydroxyl groups excluding tert-OH is 1. The van der Waals surface area contributed by atoms with E-state index in [2.05, 4.69) is 124 Å². The number of aromatic nitrogens is 12. The van der Waals surface area contributed by atoms with Crippen LogP contribution in [0.15, 0.2) is 141 Å². The van der Waals surface area contributed by atoms with Crippen molar-refractivity contribution in [3.63, 3.8) is 0 Å². The number of nitrogens with zero attached hydrogens (tertiary/aromatic N) is 16. The van der Waals surface area contributed by atoms with Crippen molar-refractivity contribution in [2.45, 2.75) is 13.3 Å². The zero-order valence-electron chi connectivity index (χ0n) is 58.8. The number of nitrogens with one attached hydrogen (secondary N) is 4. The summed E-state index contributed by atoms with van der Waals surface area (Å²) in [4.78, 5) is 0. The molecule has 0 aliphatic heterocycles. The predicted molar refractivity (Wildman–Crippen MR) is 391 cm³/mol. The van der Waals surface area contributed by atoms with E-state index in [1.165, 1.54) is 0 Å². The Morgan fingerprint density at radius 3 is 1.03 bits per heavy atom. The SMILES string of the molecule is CC[N+](C)(C)CCNc1nn2ccccc2c1N.C[N+](C)(C)CCCNc1nn2ccccc2c1N.C[N+](C)(C)CCNc1nn2ccccc2c1N.C[N+](C)(CCO)CCNc1nn2ccccc2c1N.C[n+]1ccn(-c2nn3ccccc3c2N)c1.[CH3-].[CH3-].[CH3-].[CH3-].[CH3-]. The maximum Gasteiger partial charge on any atom is 0.268 e. The first-order chi connectivity index (χ1) is 41.8. The number of hydrogen-bond donors (Lipinski definition) is 10. The number of quaternary nitrogens is 4. The second kappa shape index (κ2) is 35.5. The van der Waals surface area contributed by atoms with Crippen molar-refractivity contribution < 1.29 is 27.6 Å². The quantitative estimate of drug-likeness (QED) is 0.0149. The van der Waals surface area contributed by atoms with E-state index in [0.29, 0.717) is 17.1 Å². The number of rotatable bonds is 21. The molecule has 26 nitrogen and oxygen atoms in total. The standard InChI is InChI=1S/C13H22N5O.2C13H22N5.C12H20N5.C11H12N5.5CH3/c1-18(2,9-10-19)8-6-15-13-12(14)11-5-3-4-7-17(11)16-13;1-18(2,3)10-6-8-15-13-12(14)11-7-4-5-9-17(11)16-13;1-4-18(2,3)10-8-15-13-12(14)11-7-5-6-9-17(11)16-13;1-17(2,3)9-7-14-12-11(13)10-6-4-5-8-16(10)15-12;1-14-6-7-15(8-14)11-10(12)9-4-2-3-5-16(9)13-11;;;;;/h3-5,7,19H,6,8-10,14H2,1-2H3,(H,15,16);4-5,7,9H,6,8,10,14H2,1-3H3,(H,15,16);5-7,9H,4,8,10,14H2,1-3H3,(H,15,16);4-6,8H,7,9,13H2,1-3H3,(H,14,15);2-8H,12H2,1H3;5*1H3/q5*+1;5*-1. The van der Waals surface area contributed by atoms with Crippen LogP contribution in [0.25, 0.3) is 33.4 Å². The summed E-state index contributed by atoms with van der Waals surface area (Å²) in [6, 6.07) is 29.3. The first kappa shape index (κ1) is 79.8.